The molecule has 1 amide bonds. The number of aromatic carboxylic acids is 1. The molecule has 0 unspecified atom stereocenters. The van der Waals surface area contributed by atoms with Crippen LogP contribution in [0.4, 0.5) is 4.79 Å². The number of amides is 1. The Bertz CT molecular complexity index is 865. The molecule has 27 heavy (non-hydrogen) atoms. The molecular weight excluding hydrogens is 372 g/mol. The van der Waals surface area contributed by atoms with Gasteiger partial charge in [-0.25, -0.2) is 14.6 Å². The van der Waals surface area contributed by atoms with Crippen molar-refractivity contribution in [2.24, 2.45) is 5.41 Å². The van der Waals surface area contributed by atoms with Gasteiger partial charge in [0, 0.05) is 18.1 Å². The van der Waals surface area contributed by atoms with Crippen molar-refractivity contribution in [2.75, 3.05) is 6.54 Å². The lowest BCUT2D eigenvalue weighted by molar-refractivity contribution is 0.0508. The summed E-state index contributed by atoms with van der Waals surface area (Å²) >= 11 is 5.93. The quantitative estimate of drug-likeness (QED) is 0.759. The molecule has 0 aliphatic rings. The molecule has 0 fully saturated rings. The Kier molecular flexibility index (Phi) is 5.70. The first kappa shape index (κ1) is 21.0. The Morgan fingerprint density at radius 1 is 1.30 bits per heavy atom. The fourth-order valence-electron chi connectivity index (χ4n) is 2.75. The highest BCUT2D eigenvalue weighted by atomic mass is 35.5. The SMILES string of the molecule is CC(C)(C)OC(=O)NC[C@@H](n1c(C(=O)O)cc2cnc(Cl)nc21)C(C)(C)C. The molecular formula is C18H25ClN4O4. The summed E-state index contributed by atoms with van der Waals surface area (Å²) in [5.74, 6) is -1.10. The van der Waals surface area contributed by atoms with Gasteiger partial charge in [-0.05, 0) is 43.9 Å². The number of ether oxygens (including phenoxy) is 1. The second-order valence-electron chi connectivity index (χ2n) is 8.39. The fraction of sp³-hybridized carbons (Fsp3) is 0.556. The van der Waals surface area contributed by atoms with E-state index in [0.717, 1.165) is 0 Å². The maximum atomic E-state index is 12.1. The van der Waals surface area contributed by atoms with Crippen LogP contribution >= 0.6 is 11.6 Å². The van der Waals surface area contributed by atoms with Crippen molar-refractivity contribution >= 4 is 34.7 Å². The highest BCUT2D eigenvalue weighted by Crippen LogP contribution is 2.35. The number of alkyl carbamates (subject to hydrolysis) is 1. The zero-order valence-electron chi connectivity index (χ0n) is 16.3. The monoisotopic (exact) mass is 396 g/mol. The average molecular weight is 397 g/mol. The van der Waals surface area contributed by atoms with Crippen LogP contribution in [-0.2, 0) is 4.74 Å². The molecule has 8 nitrogen and oxygen atoms in total. The van der Waals surface area contributed by atoms with Crippen LogP contribution in [0.25, 0.3) is 11.0 Å². The summed E-state index contributed by atoms with van der Waals surface area (Å²) in [7, 11) is 0. The van der Waals surface area contributed by atoms with Gasteiger partial charge in [-0.1, -0.05) is 20.8 Å². The van der Waals surface area contributed by atoms with E-state index in [0.29, 0.717) is 11.0 Å². The fourth-order valence-corrected chi connectivity index (χ4v) is 2.88. The number of nitrogens with one attached hydrogen (secondary N) is 1. The summed E-state index contributed by atoms with van der Waals surface area (Å²) < 4.78 is 6.87. The zero-order valence-corrected chi connectivity index (χ0v) is 17.1. The Morgan fingerprint density at radius 3 is 2.44 bits per heavy atom. The molecule has 2 N–H and O–H groups in total. The van der Waals surface area contributed by atoms with Gasteiger partial charge in [0.25, 0.3) is 0 Å². The number of carboxylic acid groups (broad SMARTS) is 1. The lowest BCUT2D eigenvalue weighted by Gasteiger charge is -2.33. The predicted molar refractivity (Wildman–Crippen MR) is 102 cm³/mol. The van der Waals surface area contributed by atoms with E-state index < -0.39 is 29.1 Å². The lowest BCUT2D eigenvalue weighted by atomic mass is 9.86. The number of fused-ring (bicyclic) bond motifs is 1. The normalized spacial score (nSPS) is 13.4. The first-order valence-electron chi connectivity index (χ1n) is 8.53. The third-order valence-corrected chi connectivity index (χ3v) is 4.10. The van der Waals surface area contributed by atoms with Crippen molar-refractivity contribution in [3.05, 3.63) is 23.2 Å². The second kappa shape index (κ2) is 7.34. The van der Waals surface area contributed by atoms with E-state index in [2.05, 4.69) is 15.3 Å². The van der Waals surface area contributed by atoms with Gasteiger partial charge in [-0.2, -0.15) is 4.98 Å². The Hall–Kier alpha value is -2.35. The van der Waals surface area contributed by atoms with Crippen LogP contribution in [0.2, 0.25) is 5.28 Å². The van der Waals surface area contributed by atoms with Gasteiger partial charge in [0.05, 0.1) is 6.04 Å². The van der Waals surface area contributed by atoms with Crippen LogP contribution in [0.3, 0.4) is 0 Å². The summed E-state index contributed by atoms with van der Waals surface area (Å²) in [4.78, 5) is 32.0. The molecule has 2 aromatic heterocycles. The minimum atomic E-state index is -1.10. The van der Waals surface area contributed by atoms with Crippen molar-refractivity contribution in [3.63, 3.8) is 0 Å². The maximum absolute atomic E-state index is 12.1. The molecule has 0 aliphatic heterocycles. The molecule has 0 spiro atoms. The number of carbonyl (C=O) groups excluding carboxylic acids is 1. The molecule has 0 saturated heterocycles. The van der Waals surface area contributed by atoms with Gasteiger partial charge in [-0.3, -0.25) is 0 Å². The molecule has 2 heterocycles. The molecule has 148 valence electrons. The van der Waals surface area contributed by atoms with Crippen LogP contribution in [0.1, 0.15) is 58.1 Å². The average Bonchev–Trinajstić information content (AvgIpc) is 2.83. The molecule has 2 rings (SSSR count). The highest BCUT2D eigenvalue weighted by molar-refractivity contribution is 6.28. The van der Waals surface area contributed by atoms with E-state index >= 15 is 0 Å². The smallest absolute Gasteiger partial charge is 0.407 e. The zero-order chi connectivity index (χ0) is 20.6. The molecule has 0 aromatic carbocycles. The van der Waals surface area contributed by atoms with Crippen LogP contribution in [0.5, 0.6) is 0 Å². The lowest BCUT2D eigenvalue weighted by Crippen LogP contribution is -2.40. The number of hydrogen-bond acceptors (Lipinski definition) is 5. The van der Waals surface area contributed by atoms with Gasteiger partial charge in [-0.15, -0.1) is 0 Å². The number of aromatic nitrogens is 3. The van der Waals surface area contributed by atoms with Gasteiger partial charge < -0.3 is 19.7 Å². The highest BCUT2D eigenvalue weighted by Gasteiger charge is 2.32. The maximum Gasteiger partial charge on any atom is 0.407 e. The third-order valence-electron chi connectivity index (χ3n) is 3.92. The summed E-state index contributed by atoms with van der Waals surface area (Å²) in [6.07, 6.45) is 0.909. The van der Waals surface area contributed by atoms with Crippen molar-refractivity contribution in [3.8, 4) is 0 Å². The van der Waals surface area contributed by atoms with Crippen molar-refractivity contribution in [1.82, 2.24) is 19.9 Å². The van der Waals surface area contributed by atoms with Crippen LogP contribution in [0.15, 0.2) is 12.3 Å². The van der Waals surface area contributed by atoms with E-state index in [4.69, 9.17) is 16.3 Å². The summed E-state index contributed by atoms with van der Waals surface area (Å²) in [5.41, 5.74) is -0.581. The van der Waals surface area contributed by atoms with Crippen molar-refractivity contribution in [1.29, 1.82) is 0 Å². The number of carboxylic acids is 1. The van der Waals surface area contributed by atoms with E-state index in [-0.39, 0.29) is 17.5 Å². The van der Waals surface area contributed by atoms with E-state index in [1.54, 1.807) is 25.3 Å². The molecule has 0 bridgehead atoms. The summed E-state index contributed by atoms with van der Waals surface area (Å²) in [6.45, 7) is 11.3. The standard InChI is InChI=1S/C18H25ClN4O4/c1-17(2,3)12(9-21-16(26)27-18(4,5)6)23-11(14(24)25)7-10-8-20-15(19)22-13(10)23/h7-8,12H,9H2,1-6H3,(H,21,26)(H,24,25)/t12-/m1/s1. The molecule has 9 heteroatoms. The Morgan fingerprint density at radius 2 is 1.93 bits per heavy atom. The number of hydrogen-bond donors (Lipinski definition) is 2. The van der Waals surface area contributed by atoms with Gasteiger partial charge in [0.15, 0.2) is 0 Å². The predicted octanol–water partition coefficient (Wildman–Crippen LogP) is 3.89. The molecule has 1 atom stereocenters. The first-order valence-corrected chi connectivity index (χ1v) is 8.91. The third kappa shape index (κ3) is 5.09. The largest absolute Gasteiger partial charge is 0.477 e. The number of carbonyl (C=O) groups is 2. The molecule has 0 saturated carbocycles. The topological polar surface area (TPSA) is 106 Å². The van der Waals surface area contributed by atoms with Crippen LogP contribution in [-0.4, -0.2) is 43.8 Å². The Balaban J connectivity index is 2.48. The van der Waals surface area contributed by atoms with Gasteiger partial charge in [0.2, 0.25) is 5.28 Å². The van der Waals surface area contributed by atoms with Crippen LogP contribution < -0.4 is 5.32 Å². The van der Waals surface area contributed by atoms with Crippen molar-refractivity contribution < 1.29 is 19.4 Å². The van der Waals surface area contributed by atoms with E-state index in [9.17, 15) is 14.7 Å². The Labute approximate surface area is 162 Å². The number of nitrogens with zero attached hydrogens (tertiary/aromatic N) is 3. The minimum Gasteiger partial charge on any atom is -0.477 e. The van der Waals surface area contributed by atoms with E-state index in [1.165, 1.54) is 12.3 Å². The summed E-state index contributed by atoms with van der Waals surface area (Å²) in [5, 5.41) is 13.0. The van der Waals surface area contributed by atoms with Crippen LogP contribution in [0, 0.1) is 5.41 Å². The summed E-state index contributed by atoms with van der Waals surface area (Å²) in [6, 6.07) is 1.08. The van der Waals surface area contributed by atoms with Crippen molar-refractivity contribution in [2.45, 2.75) is 53.2 Å². The molecule has 0 radical (unpaired) electrons. The first-order chi connectivity index (χ1) is 12.3. The second-order valence-corrected chi connectivity index (χ2v) is 8.73. The number of rotatable bonds is 4. The number of halogens is 1. The van der Waals surface area contributed by atoms with E-state index in [1.807, 2.05) is 20.8 Å². The molecule has 0 aliphatic carbocycles. The molecule has 2 aromatic rings. The van der Waals surface area contributed by atoms with Gasteiger partial charge >= 0.3 is 12.1 Å². The van der Waals surface area contributed by atoms with Gasteiger partial charge in [0.1, 0.15) is 16.9 Å². The minimum absolute atomic E-state index is 0.0200.